The van der Waals surface area contributed by atoms with Crippen LogP contribution in [0, 0.1) is 17.6 Å². The molecular formula is C20H26F2. The molecule has 0 N–H and O–H groups in total. The van der Waals surface area contributed by atoms with Gasteiger partial charge in [0.25, 0.3) is 0 Å². The van der Waals surface area contributed by atoms with E-state index in [1.807, 2.05) is 0 Å². The van der Waals surface area contributed by atoms with Gasteiger partial charge in [-0.3, -0.25) is 0 Å². The third-order valence-corrected chi connectivity index (χ3v) is 4.40. The predicted octanol–water partition coefficient (Wildman–Crippen LogP) is 6.46. The molecule has 1 aromatic rings. The fourth-order valence-electron chi connectivity index (χ4n) is 3.00. The van der Waals surface area contributed by atoms with Crippen molar-refractivity contribution >= 4 is 5.57 Å². The Morgan fingerprint density at radius 1 is 1.18 bits per heavy atom. The van der Waals surface area contributed by atoms with Gasteiger partial charge >= 0.3 is 0 Å². The zero-order valence-electron chi connectivity index (χ0n) is 13.7. The maximum absolute atomic E-state index is 14.3. The lowest BCUT2D eigenvalue weighted by Crippen LogP contribution is -2.05. The Kier molecular flexibility index (Phi) is 6.35. The zero-order chi connectivity index (χ0) is 15.9. The molecule has 0 saturated heterocycles. The van der Waals surface area contributed by atoms with Crippen molar-refractivity contribution in [1.82, 2.24) is 0 Å². The first-order valence-corrected chi connectivity index (χ1v) is 8.50. The van der Waals surface area contributed by atoms with E-state index in [1.54, 1.807) is 12.1 Å². The quantitative estimate of drug-likeness (QED) is 0.529. The molecule has 0 aliphatic heterocycles. The second-order valence-electron chi connectivity index (χ2n) is 6.10. The van der Waals surface area contributed by atoms with Gasteiger partial charge in [0, 0.05) is 5.56 Å². The van der Waals surface area contributed by atoms with Crippen LogP contribution in [0.15, 0.2) is 30.4 Å². The zero-order valence-corrected chi connectivity index (χ0v) is 13.7. The number of benzene rings is 1. The van der Waals surface area contributed by atoms with Crippen molar-refractivity contribution in [2.75, 3.05) is 0 Å². The van der Waals surface area contributed by atoms with Gasteiger partial charge in [0.15, 0.2) is 11.6 Å². The molecular weight excluding hydrogens is 278 g/mol. The first-order chi connectivity index (χ1) is 10.7. The van der Waals surface area contributed by atoms with Crippen molar-refractivity contribution in [2.24, 2.45) is 5.92 Å². The standard InChI is InChI=1S/C20H26F2/c1-3-5-7-15-9-11-16(12-10-15)18-14-13-17(8-6-4-2)19(21)20(18)22/h5,7,11,13-15H,3-4,6,8-10,12H2,1-2H3/b7-5+. The monoisotopic (exact) mass is 304 g/mol. The topological polar surface area (TPSA) is 0 Å². The van der Waals surface area contributed by atoms with Crippen LogP contribution in [0.1, 0.15) is 63.5 Å². The maximum atomic E-state index is 14.3. The van der Waals surface area contributed by atoms with Crippen LogP contribution in [0.2, 0.25) is 0 Å². The Hall–Kier alpha value is -1.44. The summed E-state index contributed by atoms with van der Waals surface area (Å²) in [6.07, 6.45) is 12.8. The third kappa shape index (κ3) is 4.06. The predicted molar refractivity (Wildman–Crippen MR) is 89.7 cm³/mol. The number of halogens is 2. The van der Waals surface area contributed by atoms with Crippen LogP contribution in [0.5, 0.6) is 0 Å². The summed E-state index contributed by atoms with van der Waals surface area (Å²) in [7, 11) is 0. The summed E-state index contributed by atoms with van der Waals surface area (Å²) >= 11 is 0. The van der Waals surface area contributed by atoms with Gasteiger partial charge in [0.05, 0.1) is 0 Å². The molecule has 1 aliphatic carbocycles. The van der Waals surface area contributed by atoms with E-state index in [1.165, 1.54) is 0 Å². The molecule has 1 unspecified atom stereocenters. The Morgan fingerprint density at radius 2 is 2.00 bits per heavy atom. The molecule has 0 bridgehead atoms. The Bertz CT molecular complexity index is 555. The molecule has 0 nitrogen and oxygen atoms in total. The van der Waals surface area contributed by atoms with E-state index < -0.39 is 11.6 Å². The maximum Gasteiger partial charge on any atom is 0.166 e. The fourth-order valence-corrected chi connectivity index (χ4v) is 3.00. The summed E-state index contributed by atoms with van der Waals surface area (Å²) in [5.74, 6) is -0.775. The number of hydrogen-bond donors (Lipinski definition) is 0. The normalized spacial score (nSPS) is 18.7. The smallest absolute Gasteiger partial charge is 0.166 e. The molecule has 2 rings (SSSR count). The highest BCUT2D eigenvalue weighted by atomic mass is 19.2. The van der Waals surface area contributed by atoms with E-state index in [0.717, 1.165) is 44.1 Å². The molecule has 1 aliphatic rings. The van der Waals surface area contributed by atoms with Crippen LogP contribution in [-0.4, -0.2) is 0 Å². The second-order valence-corrected chi connectivity index (χ2v) is 6.10. The first-order valence-electron chi connectivity index (χ1n) is 8.50. The van der Waals surface area contributed by atoms with E-state index in [0.29, 0.717) is 23.5 Å². The van der Waals surface area contributed by atoms with Crippen LogP contribution >= 0.6 is 0 Å². The Balaban J connectivity index is 2.15. The van der Waals surface area contributed by atoms with E-state index in [9.17, 15) is 8.78 Å². The van der Waals surface area contributed by atoms with Crippen molar-refractivity contribution in [3.8, 4) is 0 Å². The van der Waals surface area contributed by atoms with E-state index in [-0.39, 0.29) is 0 Å². The van der Waals surface area contributed by atoms with Crippen LogP contribution in [0.25, 0.3) is 5.57 Å². The summed E-state index contributed by atoms with van der Waals surface area (Å²) in [5.41, 5.74) is 1.92. The summed E-state index contributed by atoms with van der Waals surface area (Å²) in [6, 6.07) is 3.52. The Labute approximate surface area is 132 Å². The van der Waals surface area contributed by atoms with Gasteiger partial charge < -0.3 is 0 Å². The lowest BCUT2D eigenvalue weighted by Gasteiger charge is -2.20. The SMILES string of the molecule is CC/C=C/C1CC=C(c2ccc(CCCC)c(F)c2F)CC1. The molecule has 1 aromatic carbocycles. The van der Waals surface area contributed by atoms with Gasteiger partial charge in [-0.25, -0.2) is 8.78 Å². The number of aryl methyl sites for hydroxylation is 1. The molecule has 0 spiro atoms. The summed E-state index contributed by atoms with van der Waals surface area (Å²) in [5, 5.41) is 0. The molecule has 2 heteroatoms. The van der Waals surface area contributed by atoms with Crippen molar-refractivity contribution in [2.45, 2.75) is 58.8 Å². The minimum Gasteiger partial charge on any atom is -0.203 e. The number of allylic oxidation sites excluding steroid dienone is 4. The van der Waals surface area contributed by atoms with Gasteiger partial charge in [-0.1, -0.05) is 50.6 Å². The molecule has 0 aromatic heterocycles. The number of unbranched alkanes of at least 4 members (excludes halogenated alkanes) is 1. The van der Waals surface area contributed by atoms with Gasteiger partial charge in [0.2, 0.25) is 0 Å². The van der Waals surface area contributed by atoms with Crippen molar-refractivity contribution in [3.63, 3.8) is 0 Å². The second kappa shape index (κ2) is 8.26. The number of hydrogen-bond acceptors (Lipinski definition) is 0. The highest BCUT2D eigenvalue weighted by Gasteiger charge is 2.19. The molecule has 0 amide bonds. The van der Waals surface area contributed by atoms with Crippen LogP contribution in [0.3, 0.4) is 0 Å². The largest absolute Gasteiger partial charge is 0.203 e. The molecule has 0 fully saturated rings. The van der Waals surface area contributed by atoms with Crippen LogP contribution < -0.4 is 0 Å². The third-order valence-electron chi connectivity index (χ3n) is 4.40. The lowest BCUT2D eigenvalue weighted by molar-refractivity contribution is 0.493. The highest BCUT2D eigenvalue weighted by molar-refractivity contribution is 5.67. The molecule has 0 radical (unpaired) electrons. The van der Waals surface area contributed by atoms with Gasteiger partial charge in [-0.2, -0.15) is 0 Å². The van der Waals surface area contributed by atoms with Crippen molar-refractivity contribution in [1.29, 1.82) is 0 Å². The van der Waals surface area contributed by atoms with Gasteiger partial charge in [-0.05, 0) is 55.6 Å². The van der Waals surface area contributed by atoms with E-state index >= 15 is 0 Å². The molecule has 1 atom stereocenters. The van der Waals surface area contributed by atoms with Gasteiger partial charge in [0.1, 0.15) is 0 Å². The van der Waals surface area contributed by atoms with Crippen molar-refractivity contribution < 1.29 is 8.78 Å². The molecule has 0 heterocycles. The van der Waals surface area contributed by atoms with E-state index in [2.05, 4.69) is 32.1 Å². The minimum absolute atomic E-state index is 0.454. The Morgan fingerprint density at radius 3 is 2.64 bits per heavy atom. The lowest BCUT2D eigenvalue weighted by atomic mass is 9.85. The van der Waals surface area contributed by atoms with Crippen LogP contribution in [0.4, 0.5) is 8.78 Å². The highest BCUT2D eigenvalue weighted by Crippen LogP contribution is 2.33. The number of rotatable bonds is 6. The average Bonchev–Trinajstić information content (AvgIpc) is 2.55. The molecule has 120 valence electrons. The van der Waals surface area contributed by atoms with E-state index in [4.69, 9.17) is 0 Å². The first kappa shape index (κ1) is 16.9. The van der Waals surface area contributed by atoms with Crippen LogP contribution in [-0.2, 0) is 6.42 Å². The fraction of sp³-hybridized carbons (Fsp3) is 0.500. The van der Waals surface area contributed by atoms with Crippen molar-refractivity contribution in [3.05, 3.63) is 53.1 Å². The average molecular weight is 304 g/mol. The summed E-state index contributed by atoms with van der Waals surface area (Å²) in [6.45, 7) is 4.18. The summed E-state index contributed by atoms with van der Waals surface area (Å²) in [4.78, 5) is 0. The minimum atomic E-state index is -0.664. The molecule has 22 heavy (non-hydrogen) atoms. The van der Waals surface area contributed by atoms with Gasteiger partial charge in [-0.15, -0.1) is 0 Å². The molecule has 0 saturated carbocycles. The summed E-state index contributed by atoms with van der Waals surface area (Å²) < 4.78 is 28.5.